The van der Waals surface area contributed by atoms with Crippen LogP contribution < -0.4 is 0 Å². The number of imide groups is 1. The lowest BCUT2D eigenvalue weighted by molar-refractivity contribution is -0.129. The fourth-order valence-corrected chi connectivity index (χ4v) is 4.27. The molecular weight excluding hydrogens is 456 g/mol. The Morgan fingerprint density at radius 2 is 1.81 bits per heavy atom. The number of carbonyl (C=O) groups is 3. The second kappa shape index (κ2) is 10.7. The van der Waals surface area contributed by atoms with Gasteiger partial charge in [0.05, 0.1) is 11.6 Å². The molecule has 4 rings (SSSR count). The number of amides is 2. The summed E-state index contributed by atoms with van der Waals surface area (Å²) in [6, 6.07) is 21.8. The molecule has 1 aliphatic rings. The predicted molar refractivity (Wildman–Crippen MR) is 134 cm³/mol. The van der Waals surface area contributed by atoms with Crippen molar-refractivity contribution in [3.05, 3.63) is 101 Å². The van der Waals surface area contributed by atoms with Crippen LogP contribution in [0.5, 0.6) is 0 Å². The van der Waals surface area contributed by atoms with E-state index < -0.39 is 23.6 Å². The molecule has 1 fully saturated rings. The zero-order valence-electron chi connectivity index (χ0n) is 20.7. The monoisotopic (exact) mass is 486 g/mol. The molecule has 3 aromatic rings. The van der Waals surface area contributed by atoms with Gasteiger partial charge in [-0.2, -0.15) is 0 Å². The van der Waals surface area contributed by atoms with E-state index >= 15 is 0 Å². The van der Waals surface area contributed by atoms with Gasteiger partial charge in [-0.25, -0.2) is 14.5 Å². The van der Waals surface area contributed by atoms with Crippen LogP contribution in [0.1, 0.15) is 60.3 Å². The molecular formula is C29H30N2O5. The van der Waals surface area contributed by atoms with E-state index in [0.29, 0.717) is 17.7 Å². The van der Waals surface area contributed by atoms with Gasteiger partial charge in [0.25, 0.3) is 0 Å². The largest absolute Gasteiger partial charge is 0.456 e. The molecule has 0 saturated carbocycles. The first-order chi connectivity index (χ1) is 17.2. The van der Waals surface area contributed by atoms with Crippen LogP contribution in [0.3, 0.4) is 0 Å². The highest BCUT2D eigenvalue weighted by Gasteiger charge is 2.39. The summed E-state index contributed by atoms with van der Waals surface area (Å²) in [6.07, 6.45) is 1.53. The highest BCUT2D eigenvalue weighted by molar-refractivity contribution is 5.94. The van der Waals surface area contributed by atoms with E-state index in [1.54, 1.807) is 30.5 Å². The van der Waals surface area contributed by atoms with Crippen molar-refractivity contribution in [2.24, 2.45) is 0 Å². The van der Waals surface area contributed by atoms with Crippen molar-refractivity contribution in [3.63, 3.8) is 0 Å². The average Bonchev–Trinajstić information content (AvgIpc) is 3.22. The van der Waals surface area contributed by atoms with Crippen LogP contribution in [-0.2, 0) is 20.7 Å². The van der Waals surface area contributed by atoms with Crippen molar-refractivity contribution in [1.29, 1.82) is 0 Å². The lowest BCUT2D eigenvalue weighted by Gasteiger charge is -2.24. The Hall–Kier alpha value is -4.00. The van der Waals surface area contributed by atoms with Gasteiger partial charge >= 0.3 is 12.1 Å². The van der Waals surface area contributed by atoms with Crippen LogP contribution in [0, 0.1) is 0 Å². The van der Waals surface area contributed by atoms with E-state index in [-0.39, 0.29) is 25.0 Å². The van der Waals surface area contributed by atoms with Crippen LogP contribution in [0.2, 0.25) is 0 Å². The van der Waals surface area contributed by atoms with Crippen molar-refractivity contribution in [2.75, 3.05) is 6.61 Å². The molecule has 7 nitrogen and oxygen atoms in total. The Morgan fingerprint density at radius 1 is 1.06 bits per heavy atom. The number of esters is 1. The number of hydrogen-bond donors (Lipinski definition) is 0. The third-order valence-corrected chi connectivity index (χ3v) is 5.89. The molecule has 2 aromatic carbocycles. The molecule has 2 heterocycles. The first-order valence-corrected chi connectivity index (χ1v) is 12.0. The minimum absolute atomic E-state index is 0.00479. The van der Waals surface area contributed by atoms with Gasteiger partial charge in [0, 0.05) is 24.2 Å². The zero-order valence-corrected chi connectivity index (χ0v) is 20.7. The molecule has 1 aliphatic heterocycles. The maximum Gasteiger partial charge on any atom is 0.416 e. The van der Waals surface area contributed by atoms with Gasteiger partial charge in [-0.15, -0.1) is 0 Å². The molecule has 1 aromatic heterocycles. The van der Waals surface area contributed by atoms with Gasteiger partial charge in [-0.3, -0.25) is 9.78 Å². The van der Waals surface area contributed by atoms with Gasteiger partial charge in [-0.1, -0.05) is 48.5 Å². The van der Waals surface area contributed by atoms with Crippen molar-refractivity contribution >= 4 is 18.0 Å². The summed E-state index contributed by atoms with van der Waals surface area (Å²) < 4.78 is 10.8. The smallest absolute Gasteiger partial charge is 0.416 e. The molecule has 1 saturated heterocycles. The number of pyridine rings is 1. The Morgan fingerprint density at radius 3 is 2.50 bits per heavy atom. The zero-order chi connectivity index (χ0) is 25.7. The first kappa shape index (κ1) is 25.1. The van der Waals surface area contributed by atoms with E-state index in [1.807, 2.05) is 69.3 Å². The van der Waals surface area contributed by atoms with Crippen LogP contribution in [0.25, 0.3) is 0 Å². The Bertz CT molecular complexity index is 1220. The molecule has 0 radical (unpaired) electrons. The van der Waals surface area contributed by atoms with Crippen molar-refractivity contribution in [2.45, 2.75) is 51.2 Å². The molecule has 2 unspecified atom stereocenters. The minimum atomic E-state index is -0.636. The molecule has 186 valence electrons. The Balaban J connectivity index is 1.60. The summed E-state index contributed by atoms with van der Waals surface area (Å²) in [5, 5.41) is 0. The van der Waals surface area contributed by atoms with Crippen LogP contribution in [0.4, 0.5) is 4.79 Å². The van der Waals surface area contributed by atoms with E-state index in [1.165, 1.54) is 4.90 Å². The van der Waals surface area contributed by atoms with E-state index in [0.717, 1.165) is 11.1 Å². The third kappa shape index (κ3) is 6.16. The lowest BCUT2D eigenvalue weighted by Crippen LogP contribution is -2.40. The summed E-state index contributed by atoms with van der Waals surface area (Å²) in [7, 11) is 0. The Kier molecular flexibility index (Phi) is 7.48. The topological polar surface area (TPSA) is 85.8 Å². The number of aromatic nitrogens is 1. The molecule has 0 N–H and O–H groups in total. The lowest BCUT2D eigenvalue weighted by atomic mass is 9.90. The van der Waals surface area contributed by atoms with Crippen LogP contribution in [-0.4, -0.2) is 46.1 Å². The number of ether oxygens (including phenoxy) is 2. The molecule has 0 aliphatic carbocycles. The normalized spacial score (nSPS) is 16.4. The van der Waals surface area contributed by atoms with Crippen LogP contribution >= 0.6 is 0 Å². The first-order valence-electron chi connectivity index (χ1n) is 12.0. The minimum Gasteiger partial charge on any atom is -0.456 e. The van der Waals surface area contributed by atoms with Gasteiger partial charge < -0.3 is 9.47 Å². The maximum absolute atomic E-state index is 13.5. The maximum atomic E-state index is 13.5. The summed E-state index contributed by atoms with van der Waals surface area (Å²) >= 11 is 0. The summed E-state index contributed by atoms with van der Waals surface area (Å²) in [5.41, 5.74) is 2.17. The number of carbonyl (C=O) groups excluding carboxylic acids is 3. The van der Waals surface area contributed by atoms with E-state index in [4.69, 9.17) is 9.47 Å². The summed E-state index contributed by atoms with van der Waals surface area (Å²) in [5.74, 6) is -1.26. The molecule has 0 spiro atoms. The van der Waals surface area contributed by atoms with Gasteiger partial charge in [0.1, 0.15) is 12.2 Å². The number of benzene rings is 2. The third-order valence-electron chi connectivity index (χ3n) is 5.89. The van der Waals surface area contributed by atoms with Crippen molar-refractivity contribution in [1.82, 2.24) is 9.88 Å². The highest BCUT2D eigenvalue weighted by atomic mass is 16.6. The van der Waals surface area contributed by atoms with Crippen LogP contribution in [0.15, 0.2) is 79.0 Å². The quantitative estimate of drug-likeness (QED) is 0.430. The number of cyclic esters (lactones) is 1. The van der Waals surface area contributed by atoms with E-state index in [2.05, 4.69) is 4.98 Å². The fourth-order valence-electron chi connectivity index (χ4n) is 4.27. The number of rotatable bonds is 7. The van der Waals surface area contributed by atoms with Crippen molar-refractivity contribution < 1.29 is 23.9 Å². The van der Waals surface area contributed by atoms with Crippen molar-refractivity contribution in [3.8, 4) is 0 Å². The predicted octanol–water partition coefficient (Wildman–Crippen LogP) is 5.15. The second-order valence-electron chi connectivity index (χ2n) is 9.82. The molecule has 2 amide bonds. The van der Waals surface area contributed by atoms with Gasteiger partial charge in [0.2, 0.25) is 5.91 Å². The second-order valence-corrected chi connectivity index (χ2v) is 9.82. The Labute approximate surface area is 211 Å². The summed E-state index contributed by atoms with van der Waals surface area (Å²) in [4.78, 5) is 44.5. The highest BCUT2D eigenvalue weighted by Crippen LogP contribution is 2.30. The van der Waals surface area contributed by atoms with Gasteiger partial charge in [-0.05, 0) is 62.6 Å². The number of nitrogens with zero attached hydrogens (tertiary/aromatic N) is 2. The molecule has 36 heavy (non-hydrogen) atoms. The molecule has 2 atom stereocenters. The standard InChI is InChI=1S/C29H30N2O5/c1-29(2,3)36-27(33)22-13-9-12-21(17-22)24(25-14-7-8-15-30-25)18-26(32)31-23(19-35-28(31)34)16-20-10-5-4-6-11-20/h4-15,17,23-24H,16,18-19H2,1-3H3. The fraction of sp³-hybridized carbons (Fsp3) is 0.310. The van der Waals surface area contributed by atoms with E-state index in [9.17, 15) is 14.4 Å². The average molecular weight is 487 g/mol. The molecule has 7 heteroatoms. The number of hydrogen-bond acceptors (Lipinski definition) is 6. The summed E-state index contributed by atoms with van der Waals surface area (Å²) in [6.45, 7) is 5.59. The SMILES string of the molecule is CC(C)(C)OC(=O)c1cccc(C(CC(=O)N2C(=O)OCC2Cc2ccccc2)c2ccccn2)c1. The van der Waals surface area contributed by atoms with Gasteiger partial charge in [0.15, 0.2) is 0 Å². The molecule has 0 bridgehead atoms.